The van der Waals surface area contributed by atoms with Gasteiger partial charge in [0.1, 0.15) is 12.1 Å². The normalized spacial score (nSPS) is 19.9. The van der Waals surface area contributed by atoms with Crippen LogP contribution in [0.15, 0.2) is 12.5 Å². The summed E-state index contributed by atoms with van der Waals surface area (Å²) in [5.74, 6) is 0.926. The number of ether oxygens (including phenoxy) is 1. The maximum absolute atomic E-state index is 5.36. The highest BCUT2D eigenvalue weighted by Crippen LogP contribution is 2.26. The van der Waals surface area contributed by atoms with Crippen LogP contribution >= 0.6 is 22.6 Å². The summed E-state index contributed by atoms with van der Waals surface area (Å²) in [4.78, 5) is 8.22. The second-order valence-electron chi connectivity index (χ2n) is 4.02. The van der Waals surface area contributed by atoms with Crippen molar-refractivity contribution >= 4 is 28.4 Å². The van der Waals surface area contributed by atoms with Gasteiger partial charge in [0, 0.05) is 24.9 Å². The third kappa shape index (κ3) is 2.78. The first-order valence-electron chi connectivity index (χ1n) is 5.01. The summed E-state index contributed by atoms with van der Waals surface area (Å²) in [5, 5.41) is 3.49. The molecule has 1 aliphatic rings. The summed E-state index contributed by atoms with van der Waals surface area (Å²) in [6.07, 6.45) is 5.44. The van der Waals surface area contributed by atoms with E-state index in [1.54, 1.807) is 6.33 Å². The second kappa shape index (κ2) is 4.61. The molecule has 0 spiro atoms. The largest absolute Gasteiger partial charge is 0.381 e. The number of anilines is 1. The van der Waals surface area contributed by atoms with Crippen LogP contribution in [0.3, 0.4) is 0 Å². The fourth-order valence-corrected chi connectivity index (χ4v) is 2.07. The van der Waals surface area contributed by atoms with Gasteiger partial charge in [-0.15, -0.1) is 0 Å². The standard InChI is InChI=1S/C10H14IN3O/c1-10(2-4-15-5-3-10)14-9-8(11)6-12-7-13-9/h6-7H,2-5H2,1H3,(H,12,13,14). The van der Waals surface area contributed by atoms with Gasteiger partial charge in [0.15, 0.2) is 0 Å². The topological polar surface area (TPSA) is 47.0 Å². The number of hydrogen-bond donors (Lipinski definition) is 1. The number of nitrogens with zero attached hydrogens (tertiary/aromatic N) is 2. The second-order valence-corrected chi connectivity index (χ2v) is 5.18. The molecular formula is C10H14IN3O. The molecular weight excluding hydrogens is 305 g/mol. The Kier molecular flexibility index (Phi) is 3.40. The van der Waals surface area contributed by atoms with Crippen LogP contribution in [0.25, 0.3) is 0 Å². The monoisotopic (exact) mass is 319 g/mol. The molecule has 1 saturated heterocycles. The lowest BCUT2D eigenvalue weighted by molar-refractivity contribution is 0.0657. The number of halogens is 1. The fourth-order valence-electron chi connectivity index (χ4n) is 1.64. The first-order valence-corrected chi connectivity index (χ1v) is 6.09. The van der Waals surface area contributed by atoms with Crippen LogP contribution in [-0.4, -0.2) is 28.7 Å². The molecule has 5 heteroatoms. The van der Waals surface area contributed by atoms with Gasteiger partial charge in [-0.2, -0.15) is 0 Å². The van der Waals surface area contributed by atoms with E-state index in [4.69, 9.17) is 4.74 Å². The van der Waals surface area contributed by atoms with E-state index in [1.165, 1.54) is 0 Å². The lowest BCUT2D eigenvalue weighted by Gasteiger charge is -2.35. The molecule has 1 N–H and O–H groups in total. The molecule has 1 aromatic rings. The van der Waals surface area contributed by atoms with Crippen molar-refractivity contribution in [3.63, 3.8) is 0 Å². The summed E-state index contributed by atoms with van der Waals surface area (Å²) >= 11 is 2.24. The average molecular weight is 319 g/mol. The molecule has 2 heterocycles. The molecule has 82 valence electrons. The van der Waals surface area contributed by atoms with Crippen molar-refractivity contribution in [2.75, 3.05) is 18.5 Å². The SMILES string of the molecule is CC1(Nc2ncncc2I)CCOCC1. The highest BCUT2D eigenvalue weighted by molar-refractivity contribution is 14.1. The van der Waals surface area contributed by atoms with E-state index in [9.17, 15) is 0 Å². The molecule has 0 aromatic carbocycles. The molecule has 1 aliphatic heterocycles. The van der Waals surface area contributed by atoms with Crippen molar-refractivity contribution in [1.82, 2.24) is 9.97 Å². The van der Waals surface area contributed by atoms with Crippen molar-refractivity contribution in [3.05, 3.63) is 16.1 Å². The van der Waals surface area contributed by atoms with E-state index in [0.717, 1.165) is 35.4 Å². The van der Waals surface area contributed by atoms with Gasteiger partial charge in [0.2, 0.25) is 0 Å². The van der Waals surface area contributed by atoms with Gasteiger partial charge in [0.25, 0.3) is 0 Å². The Balaban J connectivity index is 2.10. The third-order valence-corrected chi connectivity index (χ3v) is 3.47. The molecule has 0 bridgehead atoms. The van der Waals surface area contributed by atoms with E-state index in [-0.39, 0.29) is 5.54 Å². The van der Waals surface area contributed by atoms with Gasteiger partial charge in [-0.25, -0.2) is 9.97 Å². The minimum absolute atomic E-state index is 0.104. The lowest BCUT2D eigenvalue weighted by atomic mass is 9.92. The minimum atomic E-state index is 0.104. The first kappa shape index (κ1) is 11.1. The zero-order valence-corrected chi connectivity index (χ0v) is 10.8. The maximum atomic E-state index is 5.36. The molecule has 0 unspecified atom stereocenters. The third-order valence-electron chi connectivity index (χ3n) is 2.68. The Hall–Kier alpha value is -0.430. The van der Waals surface area contributed by atoms with Crippen molar-refractivity contribution < 1.29 is 4.74 Å². The van der Waals surface area contributed by atoms with Gasteiger partial charge >= 0.3 is 0 Å². The molecule has 0 amide bonds. The molecule has 1 fully saturated rings. The van der Waals surface area contributed by atoms with Gasteiger partial charge in [-0.1, -0.05) is 0 Å². The average Bonchev–Trinajstić information content (AvgIpc) is 2.22. The number of nitrogens with one attached hydrogen (secondary N) is 1. The number of rotatable bonds is 2. The quantitative estimate of drug-likeness (QED) is 0.848. The predicted octanol–water partition coefficient (Wildman–Crippen LogP) is 2.06. The summed E-state index contributed by atoms with van der Waals surface area (Å²) in [7, 11) is 0. The van der Waals surface area contributed by atoms with E-state index in [0.29, 0.717) is 0 Å². The van der Waals surface area contributed by atoms with Gasteiger partial charge in [-0.05, 0) is 42.4 Å². The van der Waals surface area contributed by atoms with Gasteiger partial charge in [0.05, 0.1) is 3.57 Å². The van der Waals surface area contributed by atoms with Gasteiger partial charge in [-0.3, -0.25) is 0 Å². The summed E-state index contributed by atoms with van der Waals surface area (Å²) in [5.41, 5.74) is 0.104. The molecule has 2 rings (SSSR count). The van der Waals surface area contributed by atoms with Crippen LogP contribution in [-0.2, 0) is 4.74 Å². The van der Waals surface area contributed by atoms with Crippen LogP contribution in [0.2, 0.25) is 0 Å². The Morgan fingerprint density at radius 2 is 2.20 bits per heavy atom. The van der Waals surface area contributed by atoms with Crippen molar-refractivity contribution in [2.45, 2.75) is 25.3 Å². The highest BCUT2D eigenvalue weighted by atomic mass is 127. The Labute approximate surface area is 103 Å². The van der Waals surface area contributed by atoms with Gasteiger partial charge < -0.3 is 10.1 Å². The molecule has 0 atom stereocenters. The molecule has 0 radical (unpaired) electrons. The molecule has 0 aliphatic carbocycles. The number of aromatic nitrogens is 2. The van der Waals surface area contributed by atoms with Crippen LogP contribution in [0.5, 0.6) is 0 Å². The van der Waals surface area contributed by atoms with E-state index < -0.39 is 0 Å². The van der Waals surface area contributed by atoms with Crippen molar-refractivity contribution in [2.24, 2.45) is 0 Å². The minimum Gasteiger partial charge on any atom is -0.381 e. The van der Waals surface area contributed by atoms with Crippen LogP contribution in [0, 0.1) is 3.57 Å². The van der Waals surface area contributed by atoms with E-state index in [2.05, 4.69) is 44.8 Å². The van der Waals surface area contributed by atoms with E-state index >= 15 is 0 Å². The Bertz CT molecular complexity index is 339. The Morgan fingerprint density at radius 3 is 2.87 bits per heavy atom. The molecule has 4 nitrogen and oxygen atoms in total. The van der Waals surface area contributed by atoms with Crippen LogP contribution in [0.1, 0.15) is 19.8 Å². The molecule has 0 saturated carbocycles. The summed E-state index contributed by atoms with van der Waals surface area (Å²) in [6.45, 7) is 3.87. The molecule has 1 aromatic heterocycles. The molecule has 15 heavy (non-hydrogen) atoms. The fraction of sp³-hybridized carbons (Fsp3) is 0.600. The highest BCUT2D eigenvalue weighted by Gasteiger charge is 2.27. The number of hydrogen-bond acceptors (Lipinski definition) is 4. The lowest BCUT2D eigenvalue weighted by Crippen LogP contribution is -2.41. The van der Waals surface area contributed by atoms with Crippen LogP contribution in [0.4, 0.5) is 5.82 Å². The predicted molar refractivity (Wildman–Crippen MR) is 66.8 cm³/mol. The first-order chi connectivity index (χ1) is 7.20. The van der Waals surface area contributed by atoms with Crippen molar-refractivity contribution in [3.8, 4) is 0 Å². The Morgan fingerprint density at radius 1 is 1.47 bits per heavy atom. The van der Waals surface area contributed by atoms with E-state index in [1.807, 2.05) is 6.20 Å². The smallest absolute Gasteiger partial charge is 0.143 e. The zero-order chi connectivity index (χ0) is 10.7. The zero-order valence-electron chi connectivity index (χ0n) is 8.66. The summed E-state index contributed by atoms with van der Waals surface area (Å²) < 4.78 is 6.42. The van der Waals surface area contributed by atoms with Crippen LogP contribution < -0.4 is 5.32 Å². The maximum Gasteiger partial charge on any atom is 0.143 e. The van der Waals surface area contributed by atoms with Crippen molar-refractivity contribution in [1.29, 1.82) is 0 Å². The summed E-state index contributed by atoms with van der Waals surface area (Å²) in [6, 6.07) is 0.